The van der Waals surface area contributed by atoms with Crippen molar-refractivity contribution in [2.45, 2.75) is 68.0 Å². The molecule has 2 aromatic carbocycles. The lowest BCUT2D eigenvalue weighted by atomic mass is 9.68. The van der Waals surface area contributed by atoms with Crippen LogP contribution in [0.5, 0.6) is 5.75 Å². The van der Waals surface area contributed by atoms with Gasteiger partial charge in [0, 0.05) is 43.7 Å². The number of nitrogens with zero attached hydrogens (tertiary/aromatic N) is 3. The minimum Gasteiger partial charge on any atom is -0.490 e. The SMILES string of the molecule is CN1CC/C=C\[C@H](OCCN2CC(F)(F)C2)[C@@H]2CC[C@H]2CN2C[C@@]3(CCCc4cc(Cl)ccc43)COc3ccc(cc32)[C@@](O)(C(=O)NS(C)(=O)=O)CC1=O. The van der Waals surface area contributed by atoms with Gasteiger partial charge in [-0.15, -0.1) is 0 Å². The number of aryl methyl sites for hydroxylation is 1. The van der Waals surface area contributed by atoms with E-state index in [4.69, 9.17) is 21.1 Å². The molecule has 54 heavy (non-hydrogen) atoms. The Hall–Kier alpha value is -3.30. The van der Waals surface area contributed by atoms with E-state index in [-0.39, 0.29) is 43.1 Å². The maximum absolute atomic E-state index is 13.7. The molecule has 7 rings (SSSR count). The number of aliphatic hydroxyl groups is 1. The van der Waals surface area contributed by atoms with Crippen LogP contribution in [0, 0.1) is 11.8 Å². The van der Waals surface area contributed by atoms with Crippen LogP contribution in [0.1, 0.15) is 55.2 Å². The summed E-state index contributed by atoms with van der Waals surface area (Å²) in [4.78, 5) is 32.6. The van der Waals surface area contributed by atoms with E-state index in [0.717, 1.165) is 38.4 Å². The molecule has 5 atom stereocenters. The molecule has 1 saturated carbocycles. The number of rotatable bonds is 6. The van der Waals surface area contributed by atoms with Crippen molar-refractivity contribution in [3.05, 3.63) is 70.3 Å². The topological polar surface area (TPSA) is 129 Å². The van der Waals surface area contributed by atoms with Gasteiger partial charge in [0.2, 0.25) is 15.9 Å². The zero-order chi connectivity index (χ0) is 38.5. The molecule has 2 aliphatic carbocycles. The largest absolute Gasteiger partial charge is 0.490 e. The Morgan fingerprint density at radius 2 is 1.94 bits per heavy atom. The zero-order valence-corrected chi connectivity index (χ0v) is 32.3. The molecular formula is C39H49ClF2N4O7S. The van der Waals surface area contributed by atoms with Crippen molar-refractivity contribution in [3.8, 4) is 5.75 Å². The van der Waals surface area contributed by atoms with Crippen LogP contribution in [0.4, 0.5) is 14.5 Å². The van der Waals surface area contributed by atoms with E-state index in [1.807, 2.05) is 29.0 Å². The second-order valence-electron chi connectivity index (χ2n) is 16.0. The number of halogens is 3. The van der Waals surface area contributed by atoms with Crippen molar-refractivity contribution in [1.82, 2.24) is 14.5 Å². The van der Waals surface area contributed by atoms with E-state index < -0.39 is 45.2 Å². The number of hydrogen-bond donors (Lipinski definition) is 2. The van der Waals surface area contributed by atoms with E-state index in [2.05, 4.69) is 11.0 Å². The maximum Gasteiger partial charge on any atom is 0.272 e. The number of ether oxygens (including phenoxy) is 2. The summed E-state index contributed by atoms with van der Waals surface area (Å²) in [6.07, 6.45) is 8.82. The van der Waals surface area contributed by atoms with Crippen molar-refractivity contribution in [3.63, 3.8) is 0 Å². The maximum atomic E-state index is 13.7. The fourth-order valence-corrected chi connectivity index (χ4v) is 9.56. The van der Waals surface area contributed by atoms with Gasteiger partial charge in [0.05, 0.1) is 50.8 Å². The third-order valence-electron chi connectivity index (χ3n) is 11.9. The molecule has 0 radical (unpaired) electrons. The Morgan fingerprint density at radius 3 is 2.67 bits per heavy atom. The van der Waals surface area contributed by atoms with Gasteiger partial charge in [0.1, 0.15) is 5.75 Å². The van der Waals surface area contributed by atoms with E-state index in [9.17, 15) is 31.9 Å². The number of alkyl halides is 2. The van der Waals surface area contributed by atoms with Crippen molar-refractivity contribution in [2.24, 2.45) is 11.8 Å². The van der Waals surface area contributed by atoms with Gasteiger partial charge in [0.15, 0.2) is 5.60 Å². The number of benzene rings is 2. The highest BCUT2D eigenvalue weighted by molar-refractivity contribution is 7.89. The summed E-state index contributed by atoms with van der Waals surface area (Å²) < 4.78 is 66.5. The number of hydrogen-bond acceptors (Lipinski definition) is 9. The number of carbonyl (C=O) groups is 2. The lowest BCUT2D eigenvalue weighted by molar-refractivity contribution is -0.148. The summed E-state index contributed by atoms with van der Waals surface area (Å²) in [5, 5.41) is 12.8. The predicted molar refractivity (Wildman–Crippen MR) is 200 cm³/mol. The molecule has 5 aliphatic rings. The molecule has 0 aromatic heterocycles. The highest BCUT2D eigenvalue weighted by Crippen LogP contribution is 2.48. The minimum absolute atomic E-state index is 0.0689. The fourth-order valence-electron chi connectivity index (χ4n) is 8.86. The summed E-state index contributed by atoms with van der Waals surface area (Å²) in [6.45, 7) is 2.00. The first-order valence-electron chi connectivity index (χ1n) is 18.7. The van der Waals surface area contributed by atoms with E-state index in [1.165, 1.54) is 22.1 Å². The molecule has 1 spiro atoms. The van der Waals surface area contributed by atoms with Crippen LogP contribution in [0.25, 0.3) is 0 Å². The average Bonchev–Trinajstić information content (AvgIpc) is 3.22. The normalized spacial score (nSPS) is 30.6. The lowest BCUT2D eigenvalue weighted by Crippen LogP contribution is -2.57. The molecule has 3 aliphatic heterocycles. The van der Waals surface area contributed by atoms with Crippen molar-refractivity contribution >= 4 is 39.1 Å². The monoisotopic (exact) mass is 790 g/mol. The van der Waals surface area contributed by atoms with Crippen LogP contribution in [-0.4, -0.2) is 113 Å². The van der Waals surface area contributed by atoms with Gasteiger partial charge in [-0.05, 0) is 91.3 Å². The van der Waals surface area contributed by atoms with Crippen LogP contribution in [0.2, 0.25) is 5.02 Å². The molecule has 0 unspecified atom stereocenters. The molecule has 1 saturated heterocycles. The van der Waals surface area contributed by atoms with Gasteiger partial charge in [-0.3, -0.25) is 19.2 Å². The molecular weight excluding hydrogens is 742 g/mol. The predicted octanol–water partition coefficient (Wildman–Crippen LogP) is 4.25. The molecule has 2 fully saturated rings. The first-order chi connectivity index (χ1) is 25.5. The summed E-state index contributed by atoms with van der Waals surface area (Å²) in [7, 11) is -2.52. The highest BCUT2D eigenvalue weighted by Gasteiger charge is 2.47. The van der Waals surface area contributed by atoms with Crippen molar-refractivity contribution < 1.29 is 41.4 Å². The number of anilines is 1. The Bertz CT molecular complexity index is 1910. The molecule has 294 valence electrons. The number of amides is 2. The first kappa shape index (κ1) is 39.0. The van der Waals surface area contributed by atoms with Gasteiger partial charge in [-0.1, -0.05) is 35.9 Å². The van der Waals surface area contributed by atoms with Gasteiger partial charge in [-0.2, -0.15) is 0 Å². The zero-order valence-electron chi connectivity index (χ0n) is 30.7. The van der Waals surface area contributed by atoms with Crippen molar-refractivity contribution in [2.75, 3.05) is 70.7 Å². The molecule has 2 bridgehead atoms. The Balaban J connectivity index is 1.27. The second-order valence-corrected chi connectivity index (χ2v) is 18.1. The van der Waals surface area contributed by atoms with Gasteiger partial charge in [-0.25, -0.2) is 17.2 Å². The molecule has 2 N–H and O–H groups in total. The van der Waals surface area contributed by atoms with Crippen molar-refractivity contribution in [1.29, 1.82) is 0 Å². The lowest BCUT2D eigenvalue weighted by Gasteiger charge is -2.46. The molecule has 2 amide bonds. The Labute approximate surface area is 320 Å². The Kier molecular flexibility index (Phi) is 10.8. The molecule has 2 aromatic rings. The molecule has 15 heteroatoms. The highest BCUT2D eigenvalue weighted by atomic mass is 35.5. The molecule has 3 heterocycles. The Morgan fingerprint density at radius 1 is 1.15 bits per heavy atom. The summed E-state index contributed by atoms with van der Waals surface area (Å²) in [6, 6.07) is 10.9. The van der Waals surface area contributed by atoms with E-state index in [0.29, 0.717) is 55.7 Å². The third kappa shape index (κ3) is 8.14. The summed E-state index contributed by atoms with van der Waals surface area (Å²) in [5.74, 6) is -3.57. The van der Waals surface area contributed by atoms with E-state index >= 15 is 0 Å². The van der Waals surface area contributed by atoms with Crippen LogP contribution in [0.3, 0.4) is 0 Å². The van der Waals surface area contributed by atoms with Gasteiger partial charge < -0.3 is 24.4 Å². The van der Waals surface area contributed by atoms with Gasteiger partial charge >= 0.3 is 0 Å². The average molecular weight is 791 g/mol. The van der Waals surface area contributed by atoms with Gasteiger partial charge in [0.25, 0.3) is 11.8 Å². The van der Waals surface area contributed by atoms with E-state index in [1.54, 1.807) is 24.1 Å². The fraction of sp³-hybridized carbons (Fsp3) is 0.590. The third-order valence-corrected chi connectivity index (χ3v) is 12.7. The number of fused-ring (bicyclic) bond motifs is 4. The first-order valence-corrected chi connectivity index (χ1v) is 21.0. The van der Waals surface area contributed by atoms with Crippen LogP contribution in [0.15, 0.2) is 48.6 Å². The standard InChI is InChI=1S/C39H49ClF2N4O7S/c1-44-15-4-3-7-33(52-17-16-45-23-38(41,42)24-45)30-11-8-27(30)21-46-22-37(14-5-6-26-18-29(40)10-12-31(26)37)25-53-34-13-9-28(19-32(34)46)39(49,20-35(44)47)36(48)43-54(2,50)51/h3,7,9-10,12-13,18-19,27,30,33,49H,4-6,8,11,14-17,20-25H2,1-2H3,(H,43,48)/b7-3-/t27-,30+,33-,37-,39+/m0/s1. The summed E-state index contributed by atoms with van der Waals surface area (Å²) in [5.41, 5.74) is 0.115. The second kappa shape index (κ2) is 15.0. The van der Waals surface area contributed by atoms with Crippen LogP contribution < -0.4 is 14.4 Å². The minimum atomic E-state index is -4.09. The summed E-state index contributed by atoms with van der Waals surface area (Å²) >= 11 is 6.45. The van der Waals surface area contributed by atoms with Crippen LogP contribution in [-0.2, 0) is 41.8 Å². The number of nitrogens with one attached hydrogen (secondary N) is 1. The molecule has 11 nitrogen and oxygen atoms in total. The number of carbonyl (C=O) groups excluding carboxylic acids is 2. The van der Waals surface area contributed by atoms with Crippen LogP contribution >= 0.6 is 11.6 Å². The smallest absolute Gasteiger partial charge is 0.272 e. The quantitative estimate of drug-likeness (QED) is 0.413. The number of sulfonamides is 1. The number of likely N-dealkylation sites (tertiary alicyclic amines) is 1.